The third-order valence-corrected chi connectivity index (χ3v) is 7.74. The predicted molar refractivity (Wildman–Crippen MR) is 101 cm³/mol. The van der Waals surface area contributed by atoms with Gasteiger partial charge in [-0.15, -0.1) is 22.6 Å². The number of aromatic nitrogens is 3. The lowest BCUT2D eigenvalue weighted by molar-refractivity contribution is 0.239. The van der Waals surface area contributed by atoms with E-state index in [-0.39, 0.29) is 12.4 Å². The maximum atomic E-state index is 12.9. The molecule has 0 spiro atoms. The van der Waals surface area contributed by atoms with Gasteiger partial charge in [0.15, 0.2) is 0 Å². The van der Waals surface area contributed by atoms with Gasteiger partial charge in [0.05, 0.1) is 6.54 Å². The number of nitrogens with one attached hydrogen (secondary N) is 1. The van der Waals surface area contributed by atoms with Gasteiger partial charge >= 0.3 is 0 Å². The Balaban J connectivity index is 0.00000196. The summed E-state index contributed by atoms with van der Waals surface area (Å²) in [5.41, 5.74) is 0. The molecule has 26 heavy (non-hydrogen) atoms. The molecule has 8 nitrogen and oxygen atoms in total. The SMILES string of the molecule is CC1CCCN(S(=O)(=O)N2CCC(c3nnc4n3CCNC4)CC2)C1.Cl. The van der Waals surface area contributed by atoms with Crippen molar-refractivity contribution in [2.75, 3.05) is 32.7 Å². The molecule has 3 aliphatic rings. The van der Waals surface area contributed by atoms with E-state index in [9.17, 15) is 8.42 Å². The zero-order chi connectivity index (χ0) is 17.4. The third kappa shape index (κ3) is 3.77. The van der Waals surface area contributed by atoms with Crippen LogP contribution in [-0.2, 0) is 23.3 Å². The molecule has 1 atom stereocenters. The summed E-state index contributed by atoms with van der Waals surface area (Å²) in [6, 6.07) is 0. The molecule has 0 bridgehead atoms. The lowest BCUT2D eigenvalue weighted by Crippen LogP contribution is -2.49. The molecular formula is C16H29ClN6O2S. The van der Waals surface area contributed by atoms with Crippen LogP contribution >= 0.6 is 12.4 Å². The standard InChI is InChI=1S/C16H28N6O2S.ClH/c1-13-3-2-7-21(12-13)25(23,24)20-8-4-14(5-9-20)16-19-18-15-11-17-6-10-22(15)16;/h13-14,17H,2-12H2,1H3;1H. The molecule has 0 amide bonds. The number of hydrogen-bond acceptors (Lipinski definition) is 5. The van der Waals surface area contributed by atoms with E-state index in [1.54, 1.807) is 8.61 Å². The van der Waals surface area contributed by atoms with Crippen molar-refractivity contribution >= 4 is 22.6 Å². The van der Waals surface area contributed by atoms with Gasteiger partial charge in [0.1, 0.15) is 11.6 Å². The lowest BCUT2D eigenvalue weighted by atomic mass is 9.97. The number of nitrogens with zero attached hydrogens (tertiary/aromatic N) is 5. The van der Waals surface area contributed by atoms with Crippen molar-refractivity contribution in [3.63, 3.8) is 0 Å². The summed E-state index contributed by atoms with van der Waals surface area (Å²) in [5, 5.41) is 12.0. The summed E-state index contributed by atoms with van der Waals surface area (Å²) in [6.45, 7) is 7.24. The first-order valence-electron chi connectivity index (χ1n) is 9.43. The third-order valence-electron chi connectivity index (χ3n) is 5.74. The highest BCUT2D eigenvalue weighted by molar-refractivity contribution is 7.86. The quantitative estimate of drug-likeness (QED) is 0.811. The van der Waals surface area contributed by atoms with E-state index in [0.717, 1.165) is 57.0 Å². The van der Waals surface area contributed by atoms with Gasteiger partial charge in [0.2, 0.25) is 0 Å². The van der Waals surface area contributed by atoms with Gasteiger partial charge in [0.25, 0.3) is 10.2 Å². The molecule has 4 rings (SSSR count). The van der Waals surface area contributed by atoms with E-state index in [4.69, 9.17) is 0 Å². The zero-order valence-corrected chi connectivity index (χ0v) is 16.9. The van der Waals surface area contributed by atoms with Crippen LogP contribution in [0.2, 0.25) is 0 Å². The first-order chi connectivity index (χ1) is 12.1. The second kappa shape index (κ2) is 8.10. The van der Waals surface area contributed by atoms with Gasteiger partial charge < -0.3 is 9.88 Å². The Labute approximate surface area is 161 Å². The molecule has 4 heterocycles. The topological polar surface area (TPSA) is 83.4 Å². The number of rotatable bonds is 3. The Hall–Kier alpha value is -0.740. The molecule has 1 aromatic rings. The maximum absolute atomic E-state index is 12.9. The fourth-order valence-corrected chi connectivity index (χ4v) is 6.08. The van der Waals surface area contributed by atoms with E-state index in [1.165, 1.54) is 0 Å². The maximum Gasteiger partial charge on any atom is 0.281 e. The molecule has 0 saturated carbocycles. The van der Waals surface area contributed by atoms with Crippen LogP contribution in [0.1, 0.15) is 50.2 Å². The average molecular weight is 405 g/mol. The summed E-state index contributed by atoms with van der Waals surface area (Å²) >= 11 is 0. The van der Waals surface area contributed by atoms with Crippen LogP contribution in [0.4, 0.5) is 0 Å². The molecule has 0 aromatic carbocycles. The van der Waals surface area contributed by atoms with Gasteiger partial charge in [-0.1, -0.05) is 6.92 Å². The Morgan fingerprint density at radius 3 is 2.54 bits per heavy atom. The van der Waals surface area contributed by atoms with Crippen LogP contribution < -0.4 is 5.32 Å². The van der Waals surface area contributed by atoms with Crippen molar-refractivity contribution < 1.29 is 8.42 Å². The molecule has 1 unspecified atom stereocenters. The van der Waals surface area contributed by atoms with Crippen LogP contribution in [0.3, 0.4) is 0 Å². The molecule has 1 aromatic heterocycles. The summed E-state index contributed by atoms with van der Waals surface area (Å²) in [4.78, 5) is 0. The zero-order valence-electron chi connectivity index (χ0n) is 15.3. The van der Waals surface area contributed by atoms with Crippen molar-refractivity contribution in [3.05, 3.63) is 11.6 Å². The monoisotopic (exact) mass is 404 g/mol. The Bertz CT molecular complexity index is 716. The predicted octanol–water partition coefficient (Wildman–Crippen LogP) is 0.959. The van der Waals surface area contributed by atoms with Gasteiger partial charge in [0, 0.05) is 45.2 Å². The molecule has 148 valence electrons. The van der Waals surface area contributed by atoms with Crippen LogP contribution in [0.5, 0.6) is 0 Å². The minimum absolute atomic E-state index is 0. The summed E-state index contributed by atoms with van der Waals surface area (Å²) < 4.78 is 31.4. The van der Waals surface area contributed by atoms with Gasteiger partial charge in [-0.25, -0.2) is 0 Å². The second-order valence-electron chi connectivity index (χ2n) is 7.59. The average Bonchev–Trinajstić information content (AvgIpc) is 3.06. The molecule has 2 fully saturated rings. The van der Waals surface area contributed by atoms with Crippen LogP contribution in [0.25, 0.3) is 0 Å². The highest BCUT2D eigenvalue weighted by Crippen LogP contribution is 2.30. The normalized spacial score (nSPS) is 26.3. The number of halogens is 1. The van der Waals surface area contributed by atoms with Crippen LogP contribution in [-0.4, -0.2) is 64.5 Å². The first-order valence-corrected chi connectivity index (χ1v) is 10.8. The van der Waals surface area contributed by atoms with E-state index < -0.39 is 10.2 Å². The van der Waals surface area contributed by atoms with Crippen molar-refractivity contribution in [3.8, 4) is 0 Å². The van der Waals surface area contributed by atoms with Gasteiger partial charge in [-0.05, 0) is 31.6 Å². The van der Waals surface area contributed by atoms with E-state index >= 15 is 0 Å². The van der Waals surface area contributed by atoms with Crippen molar-refractivity contribution in [1.29, 1.82) is 0 Å². The largest absolute Gasteiger partial charge is 0.312 e. The van der Waals surface area contributed by atoms with Crippen LogP contribution in [0, 0.1) is 5.92 Å². The minimum atomic E-state index is -3.31. The molecule has 10 heteroatoms. The highest BCUT2D eigenvalue weighted by atomic mass is 35.5. The fourth-order valence-electron chi connectivity index (χ4n) is 4.28. The Kier molecular flexibility index (Phi) is 6.23. The minimum Gasteiger partial charge on any atom is -0.312 e. The molecular weight excluding hydrogens is 376 g/mol. The second-order valence-corrected chi connectivity index (χ2v) is 9.52. The molecule has 0 radical (unpaired) electrons. The molecule has 1 N–H and O–H groups in total. The smallest absolute Gasteiger partial charge is 0.281 e. The molecule has 3 aliphatic heterocycles. The summed E-state index contributed by atoms with van der Waals surface area (Å²) in [6.07, 6.45) is 3.75. The molecule has 0 aliphatic carbocycles. The molecule has 2 saturated heterocycles. The van der Waals surface area contributed by atoms with Crippen molar-refractivity contribution in [2.24, 2.45) is 5.92 Å². The lowest BCUT2D eigenvalue weighted by Gasteiger charge is -2.37. The van der Waals surface area contributed by atoms with Crippen molar-refractivity contribution in [1.82, 2.24) is 28.7 Å². The summed E-state index contributed by atoms with van der Waals surface area (Å²) in [5.74, 6) is 2.81. The van der Waals surface area contributed by atoms with Gasteiger partial charge in [-0.3, -0.25) is 0 Å². The van der Waals surface area contributed by atoms with E-state index in [2.05, 4.69) is 27.0 Å². The van der Waals surface area contributed by atoms with Gasteiger partial charge in [-0.2, -0.15) is 17.0 Å². The van der Waals surface area contributed by atoms with E-state index in [1.807, 2.05) is 0 Å². The van der Waals surface area contributed by atoms with E-state index in [0.29, 0.717) is 38.0 Å². The summed E-state index contributed by atoms with van der Waals surface area (Å²) in [7, 11) is -3.31. The van der Waals surface area contributed by atoms with Crippen molar-refractivity contribution in [2.45, 2.75) is 51.6 Å². The number of hydrogen-bond donors (Lipinski definition) is 1. The number of fused-ring (bicyclic) bond motifs is 1. The number of piperidine rings is 2. The fraction of sp³-hybridized carbons (Fsp3) is 0.875. The first kappa shape index (κ1) is 20.0. The highest BCUT2D eigenvalue weighted by Gasteiger charge is 2.36. The van der Waals surface area contributed by atoms with Crippen LogP contribution in [0.15, 0.2) is 0 Å². The Morgan fingerprint density at radius 2 is 1.81 bits per heavy atom. The Morgan fingerprint density at radius 1 is 1.04 bits per heavy atom.